The van der Waals surface area contributed by atoms with Gasteiger partial charge in [-0.2, -0.15) is 5.26 Å². The van der Waals surface area contributed by atoms with Crippen molar-refractivity contribution in [3.63, 3.8) is 0 Å². The minimum atomic E-state index is 0.216. The number of imidazole rings is 1. The van der Waals surface area contributed by atoms with Gasteiger partial charge < -0.3 is 0 Å². The van der Waals surface area contributed by atoms with Gasteiger partial charge in [0.1, 0.15) is 5.82 Å². The smallest absolute Gasteiger partial charge is 0.235 e. The lowest BCUT2D eigenvalue weighted by molar-refractivity contribution is 0.877. The van der Waals surface area contributed by atoms with Crippen LogP contribution in [0.4, 0.5) is 0 Å². The number of hydrogen-bond acceptors (Lipinski definition) is 4. The van der Waals surface area contributed by atoms with E-state index in [4.69, 9.17) is 5.26 Å². The standard InChI is InChI=1S/C13H8BrN5/c14-9-7-16-13(17-8-9)19-11-4-2-1-3-10(11)18-12(19)5-6-15/h1-4,7-8H,5H2. The molecule has 0 aliphatic rings. The fourth-order valence-corrected chi connectivity index (χ4v) is 2.11. The van der Waals surface area contributed by atoms with Gasteiger partial charge in [-0.05, 0) is 28.1 Å². The van der Waals surface area contributed by atoms with Crippen molar-refractivity contribution in [3.05, 3.63) is 47.0 Å². The molecular weight excluding hydrogens is 306 g/mol. The molecule has 0 aliphatic heterocycles. The van der Waals surface area contributed by atoms with E-state index >= 15 is 0 Å². The third-order valence-electron chi connectivity index (χ3n) is 2.67. The molecule has 0 amide bonds. The maximum absolute atomic E-state index is 8.91. The van der Waals surface area contributed by atoms with Crippen LogP contribution < -0.4 is 0 Å². The Kier molecular flexibility index (Phi) is 2.97. The molecule has 19 heavy (non-hydrogen) atoms. The van der Waals surface area contributed by atoms with Gasteiger partial charge in [-0.1, -0.05) is 12.1 Å². The lowest BCUT2D eigenvalue weighted by atomic mass is 10.3. The quantitative estimate of drug-likeness (QED) is 0.729. The van der Waals surface area contributed by atoms with Crippen LogP contribution in [0.2, 0.25) is 0 Å². The highest BCUT2D eigenvalue weighted by Gasteiger charge is 2.13. The van der Waals surface area contributed by atoms with Crippen molar-refractivity contribution >= 4 is 27.0 Å². The number of para-hydroxylation sites is 2. The topological polar surface area (TPSA) is 67.4 Å². The number of halogens is 1. The number of nitriles is 1. The van der Waals surface area contributed by atoms with Crippen LogP contribution in [0, 0.1) is 11.3 Å². The normalized spacial score (nSPS) is 10.5. The summed E-state index contributed by atoms with van der Waals surface area (Å²) in [6.45, 7) is 0. The summed E-state index contributed by atoms with van der Waals surface area (Å²) in [5, 5.41) is 8.91. The third-order valence-corrected chi connectivity index (χ3v) is 3.08. The number of nitrogens with zero attached hydrogens (tertiary/aromatic N) is 5. The molecule has 92 valence electrons. The van der Waals surface area contributed by atoms with Crippen LogP contribution in [-0.2, 0) is 6.42 Å². The van der Waals surface area contributed by atoms with Gasteiger partial charge in [-0.3, -0.25) is 4.57 Å². The van der Waals surface area contributed by atoms with Gasteiger partial charge in [-0.15, -0.1) is 0 Å². The number of hydrogen-bond donors (Lipinski definition) is 0. The van der Waals surface area contributed by atoms with Crippen LogP contribution in [0.5, 0.6) is 0 Å². The van der Waals surface area contributed by atoms with Crippen molar-refractivity contribution in [2.24, 2.45) is 0 Å². The first-order valence-corrected chi connectivity index (χ1v) is 6.40. The van der Waals surface area contributed by atoms with Gasteiger partial charge in [0.05, 0.1) is 28.0 Å². The van der Waals surface area contributed by atoms with E-state index < -0.39 is 0 Å². The first-order chi connectivity index (χ1) is 9.29. The lowest BCUT2D eigenvalue weighted by Crippen LogP contribution is -2.05. The molecule has 0 N–H and O–H groups in total. The Morgan fingerprint density at radius 2 is 1.95 bits per heavy atom. The minimum absolute atomic E-state index is 0.216. The van der Waals surface area contributed by atoms with Crippen molar-refractivity contribution in [2.45, 2.75) is 6.42 Å². The molecule has 0 radical (unpaired) electrons. The van der Waals surface area contributed by atoms with Gasteiger partial charge in [0.2, 0.25) is 5.95 Å². The third kappa shape index (κ3) is 2.09. The van der Waals surface area contributed by atoms with Gasteiger partial charge in [0, 0.05) is 12.4 Å². The molecule has 0 saturated carbocycles. The number of rotatable bonds is 2. The SMILES string of the molecule is N#CCc1nc2ccccc2n1-c1ncc(Br)cn1. The number of benzene rings is 1. The van der Waals surface area contributed by atoms with Crippen molar-refractivity contribution in [3.8, 4) is 12.0 Å². The molecule has 3 aromatic rings. The van der Waals surface area contributed by atoms with Crippen molar-refractivity contribution in [2.75, 3.05) is 0 Å². The minimum Gasteiger partial charge on any atom is -0.263 e. The zero-order valence-electron chi connectivity index (χ0n) is 9.79. The zero-order chi connectivity index (χ0) is 13.2. The van der Waals surface area contributed by atoms with Crippen LogP contribution in [0.3, 0.4) is 0 Å². The fraction of sp³-hybridized carbons (Fsp3) is 0.0769. The van der Waals surface area contributed by atoms with Gasteiger partial charge in [0.15, 0.2) is 0 Å². The van der Waals surface area contributed by atoms with E-state index in [0.29, 0.717) is 11.8 Å². The van der Waals surface area contributed by atoms with Crippen LogP contribution in [0.15, 0.2) is 41.1 Å². The largest absolute Gasteiger partial charge is 0.263 e. The summed E-state index contributed by atoms with van der Waals surface area (Å²) >= 11 is 3.31. The van der Waals surface area contributed by atoms with E-state index in [0.717, 1.165) is 15.5 Å². The van der Waals surface area contributed by atoms with E-state index in [2.05, 4.69) is 37.0 Å². The maximum Gasteiger partial charge on any atom is 0.235 e. The summed E-state index contributed by atoms with van der Waals surface area (Å²) in [6, 6.07) is 9.81. The highest BCUT2D eigenvalue weighted by Crippen LogP contribution is 2.20. The maximum atomic E-state index is 8.91. The van der Waals surface area contributed by atoms with Gasteiger partial charge >= 0.3 is 0 Å². The molecule has 0 fully saturated rings. The van der Waals surface area contributed by atoms with Crippen molar-refractivity contribution in [1.82, 2.24) is 19.5 Å². The Bertz CT molecular complexity index is 770. The molecule has 6 heteroatoms. The van der Waals surface area contributed by atoms with E-state index in [9.17, 15) is 0 Å². The van der Waals surface area contributed by atoms with E-state index in [1.807, 2.05) is 28.8 Å². The predicted molar refractivity (Wildman–Crippen MR) is 73.7 cm³/mol. The molecule has 0 bridgehead atoms. The average Bonchev–Trinajstić information content (AvgIpc) is 2.78. The summed E-state index contributed by atoms with van der Waals surface area (Å²) < 4.78 is 2.62. The zero-order valence-corrected chi connectivity index (χ0v) is 11.4. The summed E-state index contributed by atoms with van der Waals surface area (Å²) in [4.78, 5) is 13.0. The summed E-state index contributed by atoms with van der Waals surface area (Å²) in [6.07, 6.45) is 3.56. The molecule has 0 aliphatic carbocycles. The monoisotopic (exact) mass is 313 g/mol. The second kappa shape index (κ2) is 4.78. The average molecular weight is 314 g/mol. The molecule has 0 saturated heterocycles. The first kappa shape index (κ1) is 11.8. The number of aromatic nitrogens is 4. The number of fused-ring (bicyclic) bond motifs is 1. The van der Waals surface area contributed by atoms with E-state index in [1.165, 1.54) is 0 Å². The lowest BCUT2D eigenvalue weighted by Gasteiger charge is -2.04. The van der Waals surface area contributed by atoms with E-state index in [1.54, 1.807) is 12.4 Å². The molecule has 2 heterocycles. The highest BCUT2D eigenvalue weighted by molar-refractivity contribution is 9.10. The Balaban J connectivity index is 2.28. The molecule has 0 unspecified atom stereocenters. The van der Waals surface area contributed by atoms with Crippen LogP contribution in [-0.4, -0.2) is 19.5 Å². The summed E-state index contributed by atoms with van der Waals surface area (Å²) in [5.74, 6) is 1.16. The van der Waals surface area contributed by atoms with Crippen LogP contribution >= 0.6 is 15.9 Å². The Hall–Kier alpha value is -2.26. The summed E-state index contributed by atoms with van der Waals surface area (Å²) in [5.41, 5.74) is 1.73. The molecule has 1 aromatic carbocycles. The van der Waals surface area contributed by atoms with E-state index in [-0.39, 0.29) is 6.42 Å². The van der Waals surface area contributed by atoms with Crippen LogP contribution in [0.25, 0.3) is 17.0 Å². The van der Waals surface area contributed by atoms with Gasteiger partial charge in [-0.25, -0.2) is 15.0 Å². The fourth-order valence-electron chi connectivity index (χ4n) is 1.91. The molecule has 3 rings (SSSR count). The second-order valence-electron chi connectivity index (χ2n) is 3.89. The Labute approximate surface area is 117 Å². The summed E-state index contributed by atoms with van der Waals surface area (Å²) in [7, 11) is 0. The van der Waals surface area contributed by atoms with Crippen LogP contribution in [0.1, 0.15) is 5.82 Å². The highest BCUT2D eigenvalue weighted by atomic mass is 79.9. The van der Waals surface area contributed by atoms with Crippen molar-refractivity contribution in [1.29, 1.82) is 5.26 Å². The molecule has 0 atom stereocenters. The van der Waals surface area contributed by atoms with Crippen molar-refractivity contribution < 1.29 is 0 Å². The Morgan fingerprint density at radius 3 is 2.68 bits per heavy atom. The molecular formula is C13H8BrN5. The molecule has 5 nitrogen and oxygen atoms in total. The Morgan fingerprint density at radius 1 is 1.21 bits per heavy atom. The van der Waals surface area contributed by atoms with Gasteiger partial charge in [0.25, 0.3) is 0 Å². The second-order valence-corrected chi connectivity index (χ2v) is 4.80. The first-order valence-electron chi connectivity index (χ1n) is 5.61. The molecule has 0 spiro atoms. The molecule has 2 aromatic heterocycles. The predicted octanol–water partition coefficient (Wildman–Crippen LogP) is 2.64.